The number of urea groups is 1. The van der Waals surface area contributed by atoms with Crippen LogP contribution in [-0.4, -0.2) is 38.9 Å². The lowest BCUT2D eigenvalue weighted by Crippen LogP contribution is -2.40. The van der Waals surface area contributed by atoms with Gasteiger partial charge in [-0.1, -0.05) is 13.3 Å². The van der Waals surface area contributed by atoms with Crippen molar-refractivity contribution >= 4 is 11.9 Å². The van der Waals surface area contributed by atoms with Crippen molar-refractivity contribution in [2.75, 3.05) is 6.54 Å². The Balaban J connectivity index is 0.000000269. The molecule has 0 unspecified atom stereocenters. The van der Waals surface area contributed by atoms with Gasteiger partial charge in [0.25, 0.3) is 5.91 Å². The zero-order valence-electron chi connectivity index (χ0n) is 11.1. The van der Waals surface area contributed by atoms with Crippen molar-refractivity contribution < 1.29 is 9.59 Å². The molecular formula is C12H20N4O2. The number of aromatic nitrogens is 2. The van der Waals surface area contributed by atoms with Gasteiger partial charge in [-0.05, 0) is 20.3 Å². The fraction of sp³-hybridized carbons (Fsp3) is 0.583. The monoisotopic (exact) mass is 252 g/mol. The highest BCUT2D eigenvalue weighted by Crippen LogP contribution is 2.16. The van der Waals surface area contributed by atoms with Crippen LogP contribution in [0.25, 0.3) is 0 Å². The summed E-state index contributed by atoms with van der Waals surface area (Å²) in [5, 5.41) is 2.64. The molecule has 6 nitrogen and oxygen atoms in total. The zero-order chi connectivity index (χ0) is 13.6. The minimum atomic E-state index is -0.717. The number of unbranched alkanes of at least 4 members (excludes halogenated alkanes) is 1. The van der Waals surface area contributed by atoms with Crippen molar-refractivity contribution in [2.24, 2.45) is 0 Å². The van der Waals surface area contributed by atoms with Gasteiger partial charge in [-0.2, -0.15) is 0 Å². The SMILES string of the molecule is CCCCN1C(=O)NC(C)(C)C1=O.c1c[nH]cn1. The molecule has 2 N–H and O–H groups in total. The first-order valence-electron chi connectivity index (χ1n) is 6.06. The molecule has 0 atom stereocenters. The zero-order valence-corrected chi connectivity index (χ0v) is 11.1. The largest absolute Gasteiger partial charge is 0.351 e. The number of imide groups is 1. The predicted octanol–water partition coefficient (Wildman–Crippen LogP) is 1.53. The number of nitrogens with one attached hydrogen (secondary N) is 2. The lowest BCUT2D eigenvalue weighted by atomic mass is 10.1. The fourth-order valence-corrected chi connectivity index (χ4v) is 1.55. The minimum absolute atomic E-state index is 0.119. The smallest absolute Gasteiger partial charge is 0.325 e. The van der Waals surface area contributed by atoms with E-state index in [1.807, 2.05) is 6.92 Å². The van der Waals surface area contributed by atoms with Crippen LogP contribution in [0, 0.1) is 0 Å². The van der Waals surface area contributed by atoms with E-state index in [4.69, 9.17) is 0 Å². The van der Waals surface area contributed by atoms with Crippen molar-refractivity contribution in [3.05, 3.63) is 18.7 Å². The second-order valence-corrected chi connectivity index (χ2v) is 4.63. The maximum atomic E-state index is 11.6. The average molecular weight is 252 g/mol. The van der Waals surface area contributed by atoms with E-state index < -0.39 is 5.54 Å². The molecule has 1 fully saturated rings. The number of H-pyrrole nitrogens is 1. The molecule has 0 saturated carbocycles. The lowest BCUT2D eigenvalue weighted by Gasteiger charge is -2.15. The molecule has 3 amide bonds. The molecule has 0 aromatic carbocycles. The van der Waals surface area contributed by atoms with E-state index in [1.165, 1.54) is 4.90 Å². The Morgan fingerprint density at radius 1 is 1.39 bits per heavy atom. The molecule has 100 valence electrons. The summed E-state index contributed by atoms with van der Waals surface area (Å²) in [4.78, 5) is 30.6. The van der Waals surface area contributed by atoms with E-state index in [9.17, 15) is 9.59 Å². The quantitative estimate of drug-likeness (QED) is 0.801. The van der Waals surface area contributed by atoms with Gasteiger partial charge in [-0.3, -0.25) is 9.69 Å². The summed E-state index contributed by atoms with van der Waals surface area (Å²) in [5.41, 5.74) is -0.717. The van der Waals surface area contributed by atoms with Crippen LogP contribution in [0.3, 0.4) is 0 Å². The van der Waals surface area contributed by atoms with Crippen molar-refractivity contribution in [1.29, 1.82) is 0 Å². The number of aromatic amines is 1. The summed E-state index contributed by atoms with van der Waals surface area (Å²) in [7, 11) is 0. The maximum Gasteiger partial charge on any atom is 0.325 e. The molecule has 0 aliphatic carbocycles. The summed E-state index contributed by atoms with van der Waals surface area (Å²) in [6.07, 6.45) is 6.94. The number of carbonyl (C=O) groups is 2. The number of nitrogens with zero attached hydrogens (tertiary/aromatic N) is 2. The lowest BCUT2D eigenvalue weighted by molar-refractivity contribution is -0.130. The number of hydrogen-bond donors (Lipinski definition) is 2. The molecule has 1 aromatic rings. The van der Waals surface area contributed by atoms with Crippen LogP contribution in [0.15, 0.2) is 18.7 Å². The van der Waals surface area contributed by atoms with Crippen LogP contribution < -0.4 is 5.32 Å². The summed E-state index contributed by atoms with van der Waals surface area (Å²) in [5.74, 6) is -0.119. The third-order valence-electron chi connectivity index (χ3n) is 2.59. The van der Waals surface area contributed by atoms with E-state index in [-0.39, 0.29) is 11.9 Å². The maximum absolute atomic E-state index is 11.6. The van der Waals surface area contributed by atoms with Gasteiger partial charge in [-0.15, -0.1) is 0 Å². The molecule has 0 bridgehead atoms. The van der Waals surface area contributed by atoms with E-state index in [0.29, 0.717) is 6.54 Å². The molecule has 18 heavy (non-hydrogen) atoms. The van der Waals surface area contributed by atoms with Crippen LogP contribution in [-0.2, 0) is 4.79 Å². The highest BCUT2D eigenvalue weighted by Gasteiger charge is 2.43. The first-order chi connectivity index (χ1) is 8.49. The molecule has 1 aromatic heterocycles. The Kier molecular flexibility index (Phi) is 4.88. The van der Waals surface area contributed by atoms with Crippen molar-refractivity contribution in [3.63, 3.8) is 0 Å². The fourth-order valence-electron chi connectivity index (χ4n) is 1.55. The molecule has 2 heterocycles. The van der Waals surface area contributed by atoms with Crippen LogP contribution in [0.1, 0.15) is 33.6 Å². The van der Waals surface area contributed by atoms with E-state index in [0.717, 1.165) is 12.8 Å². The molecule has 6 heteroatoms. The van der Waals surface area contributed by atoms with Gasteiger partial charge in [0.2, 0.25) is 0 Å². The first kappa shape index (κ1) is 14.2. The second kappa shape index (κ2) is 6.18. The summed E-state index contributed by atoms with van der Waals surface area (Å²) in [6, 6.07) is -0.261. The summed E-state index contributed by atoms with van der Waals surface area (Å²) in [6.45, 7) is 6.01. The van der Waals surface area contributed by atoms with E-state index in [2.05, 4.69) is 15.3 Å². The van der Waals surface area contributed by atoms with Crippen molar-refractivity contribution in [1.82, 2.24) is 20.2 Å². The standard InChI is InChI=1S/C9H16N2O2.C3H4N2/c1-4-5-6-11-7(12)9(2,3)10-8(11)13;1-2-5-3-4-1/h4-6H2,1-3H3,(H,10,13);1-3H,(H,4,5). The Morgan fingerprint density at radius 3 is 2.44 bits per heavy atom. The minimum Gasteiger partial charge on any atom is -0.351 e. The van der Waals surface area contributed by atoms with E-state index in [1.54, 1.807) is 32.6 Å². The Labute approximate surface area is 107 Å². The molecule has 2 rings (SSSR count). The summed E-state index contributed by atoms with van der Waals surface area (Å²) < 4.78 is 0. The van der Waals surface area contributed by atoms with Crippen LogP contribution >= 0.6 is 0 Å². The van der Waals surface area contributed by atoms with Crippen LogP contribution in [0.4, 0.5) is 4.79 Å². The van der Waals surface area contributed by atoms with Gasteiger partial charge in [-0.25, -0.2) is 9.78 Å². The average Bonchev–Trinajstić information content (AvgIpc) is 2.91. The molecule has 1 aliphatic rings. The first-order valence-corrected chi connectivity index (χ1v) is 6.06. The molecule has 0 radical (unpaired) electrons. The number of rotatable bonds is 3. The third kappa shape index (κ3) is 3.58. The van der Waals surface area contributed by atoms with Gasteiger partial charge in [0.15, 0.2) is 0 Å². The van der Waals surface area contributed by atoms with Gasteiger partial charge in [0.05, 0.1) is 6.33 Å². The van der Waals surface area contributed by atoms with Crippen molar-refractivity contribution in [2.45, 2.75) is 39.2 Å². The van der Waals surface area contributed by atoms with Crippen LogP contribution in [0.5, 0.6) is 0 Å². The normalized spacial score (nSPS) is 17.2. The van der Waals surface area contributed by atoms with Gasteiger partial charge in [0.1, 0.15) is 5.54 Å². The Hall–Kier alpha value is -1.85. The number of imidazole rings is 1. The van der Waals surface area contributed by atoms with Gasteiger partial charge in [0, 0.05) is 18.9 Å². The van der Waals surface area contributed by atoms with E-state index >= 15 is 0 Å². The van der Waals surface area contributed by atoms with Gasteiger partial charge >= 0.3 is 6.03 Å². The number of carbonyl (C=O) groups excluding carboxylic acids is 2. The van der Waals surface area contributed by atoms with Crippen LogP contribution in [0.2, 0.25) is 0 Å². The number of amides is 3. The second-order valence-electron chi connectivity index (χ2n) is 4.63. The molecular weight excluding hydrogens is 232 g/mol. The number of hydrogen-bond acceptors (Lipinski definition) is 3. The predicted molar refractivity (Wildman–Crippen MR) is 67.8 cm³/mol. The molecule has 1 saturated heterocycles. The Morgan fingerprint density at radius 2 is 2.11 bits per heavy atom. The summed E-state index contributed by atoms with van der Waals surface area (Å²) >= 11 is 0. The third-order valence-corrected chi connectivity index (χ3v) is 2.59. The van der Waals surface area contributed by atoms with Gasteiger partial charge < -0.3 is 10.3 Å². The molecule has 0 spiro atoms. The molecule has 1 aliphatic heterocycles. The highest BCUT2D eigenvalue weighted by molar-refractivity contribution is 6.06. The van der Waals surface area contributed by atoms with Crippen molar-refractivity contribution in [3.8, 4) is 0 Å². The topological polar surface area (TPSA) is 78.1 Å². The highest BCUT2D eigenvalue weighted by atomic mass is 16.2. The Bertz CT molecular complexity index is 370.